The minimum Gasteiger partial charge on any atom is -0.326 e. The molecule has 3 aromatic rings. The number of fused-ring (bicyclic) bond motifs is 1. The molecule has 11 heteroatoms. The van der Waals surface area contributed by atoms with Gasteiger partial charge in [-0.1, -0.05) is 40.9 Å². The second-order valence-corrected chi connectivity index (χ2v) is 8.07. The van der Waals surface area contributed by atoms with Gasteiger partial charge in [0.2, 0.25) is 17.8 Å². The van der Waals surface area contributed by atoms with E-state index in [1.54, 1.807) is 24.3 Å². The van der Waals surface area contributed by atoms with Gasteiger partial charge in [0.25, 0.3) is 5.56 Å². The molecule has 1 aromatic heterocycles. The van der Waals surface area contributed by atoms with Crippen LogP contribution in [-0.2, 0) is 9.59 Å². The van der Waals surface area contributed by atoms with Gasteiger partial charge in [-0.3, -0.25) is 19.4 Å². The number of nitrogens with zero attached hydrogens (tertiary/aromatic N) is 1. The van der Waals surface area contributed by atoms with Crippen LogP contribution in [-0.4, -0.2) is 21.8 Å². The highest BCUT2D eigenvalue weighted by molar-refractivity contribution is 6.35. The number of benzene rings is 2. The Kier molecular flexibility index (Phi) is 5.86. The summed E-state index contributed by atoms with van der Waals surface area (Å²) in [5.41, 5.74) is 0.434. The maximum Gasteiger partial charge on any atom is 0.258 e. The molecule has 4 N–H and O–H groups in total. The Balaban J connectivity index is 1.65. The molecule has 2 amide bonds. The predicted octanol–water partition coefficient (Wildman–Crippen LogP) is 4.54. The molecule has 1 aliphatic rings. The summed E-state index contributed by atoms with van der Waals surface area (Å²) in [7, 11) is 0. The Morgan fingerprint density at radius 2 is 1.71 bits per heavy atom. The Morgan fingerprint density at radius 1 is 1.00 bits per heavy atom. The van der Waals surface area contributed by atoms with Crippen LogP contribution >= 0.6 is 34.8 Å². The number of nitrogens with one attached hydrogen (secondary N) is 4. The van der Waals surface area contributed by atoms with Gasteiger partial charge in [-0.05, 0) is 36.4 Å². The fraction of sp³-hybridized carbons (Fsp3) is 0.100. The van der Waals surface area contributed by atoms with Crippen LogP contribution in [0.2, 0.25) is 15.1 Å². The van der Waals surface area contributed by atoms with Crippen molar-refractivity contribution in [3.05, 3.63) is 73.4 Å². The Labute approximate surface area is 190 Å². The molecular formula is C20H14Cl3N5O3. The second-order valence-electron chi connectivity index (χ2n) is 6.76. The van der Waals surface area contributed by atoms with E-state index in [0.29, 0.717) is 26.4 Å². The summed E-state index contributed by atoms with van der Waals surface area (Å²) in [6, 6.07) is 11.3. The second kappa shape index (κ2) is 8.58. The number of carbonyl (C=O) groups is 2. The minimum atomic E-state index is -1.04. The summed E-state index contributed by atoms with van der Waals surface area (Å²) in [5, 5.41) is 9.27. The fourth-order valence-corrected chi connectivity index (χ4v) is 3.93. The first-order valence-corrected chi connectivity index (χ1v) is 10.2. The highest BCUT2D eigenvalue weighted by Gasteiger charge is 2.34. The van der Waals surface area contributed by atoms with Crippen LogP contribution in [0.25, 0.3) is 0 Å². The Hall–Kier alpha value is -3.07. The lowest BCUT2D eigenvalue weighted by atomic mass is 9.92. The number of amides is 2. The van der Waals surface area contributed by atoms with E-state index in [1.165, 1.54) is 18.2 Å². The summed E-state index contributed by atoms with van der Waals surface area (Å²) in [6.07, 6.45) is -0.209. The Morgan fingerprint density at radius 3 is 2.42 bits per heavy atom. The zero-order valence-electron chi connectivity index (χ0n) is 15.6. The van der Waals surface area contributed by atoms with Crippen molar-refractivity contribution >= 4 is 69.8 Å². The number of halogens is 3. The molecule has 158 valence electrons. The van der Waals surface area contributed by atoms with Crippen LogP contribution in [0.4, 0.5) is 23.1 Å². The van der Waals surface area contributed by atoms with Gasteiger partial charge in [0, 0.05) is 32.9 Å². The summed E-state index contributed by atoms with van der Waals surface area (Å²) >= 11 is 17.9. The van der Waals surface area contributed by atoms with Crippen molar-refractivity contribution in [1.82, 2.24) is 9.97 Å². The third-order valence-corrected chi connectivity index (χ3v) is 5.16. The number of hydrogen-bond acceptors (Lipinski definition) is 5. The minimum absolute atomic E-state index is 0.00815. The van der Waals surface area contributed by atoms with Crippen molar-refractivity contribution in [2.45, 2.75) is 12.3 Å². The highest BCUT2D eigenvalue weighted by Crippen LogP contribution is 2.31. The van der Waals surface area contributed by atoms with Crippen molar-refractivity contribution in [1.29, 1.82) is 0 Å². The largest absolute Gasteiger partial charge is 0.326 e. The van der Waals surface area contributed by atoms with Crippen molar-refractivity contribution in [3.63, 3.8) is 0 Å². The first kappa shape index (κ1) is 21.2. The lowest BCUT2D eigenvalue weighted by molar-refractivity contribution is -0.123. The van der Waals surface area contributed by atoms with Gasteiger partial charge in [0.15, 0.2) is 0 Å². The number of aromatic nitrogens is 2. The molecule has 1 aliphatic heterocycles. The number of anilines is 4. The van der Waals surface area contributed by atoms with Gasteiger partial charge < -0.3 is 16.0 Å². The van der Waals surface area contributed by atoms with Crippen LogP contribution in [0.5, 0.6) is 0 Å². The smallest absolute Gasteiger partial charge is 0.258 e. The van der Waals surface area contributed by atoms with E-state index in [-0.39, 0.29) is 23.8 Å². The van der Waals surface area contributed by atoms with Gasteiger partial charge in [0.1, 0.15) is 5.82 Å². The zero-order chi connectivity index (χ0) is 22.1. The molecule has 4 rings (SSSR count). The molecule has 2 heterocycles. The van der Waals surface area contributed by atoms with Crippen LogP contribution in [0.15, 0.2) is 47.3 Å². The molecule has 0 radical (unpaired) electrons. The van der Waals surface area contributed by atoms with Gasteiger partial charge >= 0.3 is 0 Å². The van der Waals surface area contributed by atoms with E-state index in [1.807, 2.05) is 0 Å². The van der Waals surface area contributed by atoms with Crippen LogP contribution < -0.4 is 21.5 Å². The number of rotatable bonds is 4. The van der Waals surface area contributed by atoms with Gasteiger partial charge in [-0.15, -0.1) is 0 Å². The molecule has 31 heavy (non-hydrogen) atoms. The molecular weight excluding hydrogens is 465 g/mol. The lowest BCUT2D eigenvalue weighted by Gasteiger charge is -2.23. The number of hydrogen-bond donors (Lipinski definition) is 4. The molecule has 0 saturated carbocycles. The van der Waals surface area contributed by atoms with Crippen molar-refractivity contribution in [2.24, 2.45) is 0 Å². The van der Waals surface area contributed by atoms with Crippen molar-refractivity contribution < 1.29 is 9.59 Å². The van der Waals surface area contributed by atoms with E-state index in [4.69, 9.17) is 34.8 Å². The molecule has 0 spiro atoms. The SMILES string of the molecule is O=C1C[C@@H](C(=O)Nc2cc(Cl)cc(Cl)c2)c2c(nc(Nc3cccc(Cl)c3)[nH]c2=O)N1. The predicted molar refractivity (Wildman–Crippen MR) is 121 cm³/mol. The van der Waals surface area contributed by atoms with E-state index < -0.39 is 23.3 Å². The molecule has 0 aliphatic carbocycles. The van der Waals surface area contributed by atoms with Crippen LogP contribution in [0.3, 0.4) is 0 Å². The maximum atomic E-state index is 12.9. The average Bonchev–Trinajstić information content (AvgIpc) is 2.66. The normalized spacial score (nSPS) is 15.1. The molecule has 1 atom stereocenters. The number of aromatic amines is 1. The number of H-pyrrole nitrogens is 1. The van der Waals surface area contributed by atoms with Crippen molar-refractivity contribution in [3.8, 4) is 0 Å². The average molecular weight is 479 g/mol. The molecule has 0 unspecified atom stereocenters. The zero-order valence-corrected chi connectivity index (χ0v) is 17.9. The summed E-state index contributed by atoms with van der Waals surface area (Å²) in [5.74, 6) is -1.94. The molecule has 0 bridgehead atoms. The van der Waals surface area contributed by atoms with E-state index in [9.17, 15) is 14.4 Å². The van der Waals surface area contributed by atoms with Gasteiger partial charge in [-0.25, -0.2) is 0 Å². The monoisotopic (exact) mass is 477 g/mol. The summed E-state index contributed by atoms with van der Waals surface area (Å²) < 4.78 is 0. The summed E-state index contributed by atoms with van der Waals surface area (Å²) in [6.45, 7) is 0. The third-order valence-electron chi connectivity index (χ3n) is 4.49. The molecule has 0 fully saturated rings. The first-order chi connectivity index (χ1) is 14.8. The molecule has 8 nitrogen and oxygen atoms in total. The maximum absolute atomic E-state index is 12.9. The molecule has 2 aromatic carbocycles. The highest BCUT2D eigenvalue weighted by atomic mass is 35.5. The van der Waals surface area contributed by atoms with Crippen LogP contribution in [0, 0.1) is 0 Å². The van der Waals surface area contributed by atoms with Crippen molar-refractivity contribution in [2.75, 3.05) is 16.0 Å². The topological polar surface area (TPSA) is 116 Å². The first-order valence-electron chi connectivity index (χ1n) is 9.02. The third kappa shape index (κ3) is 4.82. The quantitative estimate of drug-likeness (QED) is 0.439. The lowest BCUT2D eigenvalue weighted by Crippen LogP contribution is -2.36. The van der Waals surface area contributed by atoms with E-state index in [2.05, 4.69) is 25.9 Å². The van der Waals surface area contributed by atoms with Gasteiger partial charge in [0.05, 0.1) is 11.5 Å². The van der Waals surface area contributed by atoms with Crippen LogP contribution in [0.1, 0.15) is 17.9 Å². The van der Waals surface area contributed by atoms with E-state index in [0.717, 1.165) is 0 Å². The number of carbonyl (C=O) groups excluding carboxylic acids is 2. The molecule has 0 saturated heterocycles. The Bertz CT molecular complexity index is 1240. The van der Waals surface area contributed by atoms with E-state index >= 15 is 0 Å². The summed E-state index contributed by atoms with van der Waals surface area (Å²) in [4.78, 5) is 44.7. The fourth-order valence-electron chi connectivity index (χ4n) is 3.21. The van der Waals surface area contributed by atoms with Gasteiger partial charge in [-0.2, -0.15) is 4.98 Å². The standard InChI is InChI=1S/C20H14Cl3N5O3/c21-9-2-1-3-12(5-9)25-20-27-17-16(19(31)28-20)14(8-15(29)26-17)18(30)24-13-6-10(22)4-11(23)7-13/h1-7,14H,8H2,(H,24,30)(H3,25,26,27,28,29,31)/t14-/m1/s1.